The van der Waals surface area contributed by atoms with Gasteiger partial charge in [-0.05, 0) is 13.5 Å². The Hall–Kier alpha value is -1.63. The number of ether oxygens (including phenoxy) is 2. The molecule has 0 aliphatic carbocycles. The number of amides is 2. The van der Waals surface area contributed by atoms with Crippen LogP contribution in [0.1, 0.15) is 20.3 Å². The molecule has 0 radical (unpaired) electrons. The predicted octanol–water partition coefficient (Wildman–Crippen LogP) is 0.144. The van der Waals surface area contributed by atoms with Gasteiger partial charge in [0.1, 0.15) is 0 Å². The van der Waals surface area contributed by atoms with Crippen molar-refractivity contribution in [2.45, 2.75) is 20.3 Å². The smallest absolute Gasteiger partial charge is 0.413 e. The molecule has 0 saturated carbocycles. The maximum Gasteiger partial charge on any atom is 0.413 e. The molecule has 0 aliphatic rings. The zero-order chi connectivity index (χ0) is 14.0. The second-order valence-corrected chi connectivity index (χ2v) is 3.46. The summed E-state index contributed by atoms with van der Waals surface area (Å²) in [5.74, 6) is -0.792. The van der Waals surface area contributed by atoms with Crippen molar-refractivity contribution in [3.8, 4) is 0 Å². The van der Waals surface area contributed by atoms with E-state index in [0.29, 0.717) is 13.1 Å². The summed E-state index contributed by atoms with van der Waals surface area (Å²) in [7, 11) is 1.31. The molecule has 0 aromatic rings. The summed E-state index contributed by atoms with van der Waals surface area (Å²) >= 11 is 0. The zero-order valence-electron chi connectivity index (χ0n) is 11.0. The molecule has 0 aliphatic heterocycles. The summed E-state index contributed by atoms with van der Waals surface area (Å²) in [6.07, 6.45) is -0.552. The molecule has 104 valence electrons. The lowest BCUT2D eigenvalue weighted by molar-refractivity contribution is -0.141. The number of carbonyl (C=O) groups excluding carboxylic acids is 3. The number of nitrogens with one attached hydrogen (secondary N) is 1. The van der Waals surface area contributed by atoms with E-state index in [4.69, 9.17) is 0 Å². The van der Waals surface area contributed by atoms with E-state index >= 15 is 0 Å². The van der Waals surface area contributed by atoms with Crippen LogP contribution in [0.15, 0.2) is 0 Å². The molecule has 0 saturated heterocycles. The van der Waals surface area contributed by atoms with Gasteiger partial charge in [0.15, 0.2) is 0 Å². The molecule has 0 atom stereocenters. The average molecular weight is 260 g/mol. The Kier molecular flexibility index (Phi) is 8.55. The van der Waals surface area contributed by atoms with Gasteiger partial charge in [0.2, 0.25) is 5.91 Å². The van der Waals surface area contributed by atoms with Crippen molar-refractivity contribution in [1.29, 1.82) is 0 Å². The van der Waals surface area contributed by atoms with Crippen LogP contribution in [0.3, 0.4) is 0 Å². The molecule has 0 aromatic carbocycles. The van der Waals surface area contributed by atoms with Crippen molar-refractivity contribution in [1.82, 2.24) is 10.2 Å². The minimum absolute atomic E-state index is 0.0340. The first-order chi connectivity index (χ1) is 8.53. The van der Waals surface area contributed by atoms with E-state index in [2.05, 4.69) is 14.8 Å². The number of nitrogens with zero attached hydrogens (tertiary/aromatic N) is 1. The van der Waals surface area contributed by atoms with E-state index in [-0.39, 0.29) is 25.5 Å². The molecule has 1 N–H and O–H groups in total. The zero-order valence-corrected chi connectivity index (χ0v) is 11.0. The lowest BCUT2D eigenvalue weighted by Gasteiger charge is -2.18. The monoisotopic (exact) mass is 260 g/mol. The Morgan fingerprint density at radius 2 is 1.89 bits per heavy atom. The van der Waals surface area contributed by atoms with Gasteiger partial charge in [0.25, 0.3) is 0 Å². The maximum atomic E-state index is 11.4. The normalized spacial score (nSPS) is 10.0. The standard InChI is InChI=1S/C11H20N2O5/c1-4-13(7-6-10(15)17-3)8-9(14)12-11(16)18-5-2/h4-8H2,1-3H3,(H,12,14,16). The van der Waals surface area contributed by atoms with Crippen LogP contribution >= 0.6 is 0 Å². The van der Waals surface area contributed by atoms with Crippen LogP contribution in [0.2, 0.25) is 0 Å². The first kappa shape index (κ1) is 16.4. The fourth-order valence-corrected chi connectivity index (χ4v) is 1.22. The molecule has 0 unspecified atom stereocenters. The number of rotatable bonds is 7. The number of alkyl carbamates (subject to hydrolysis) is 1. The topological polar surface area (TPSA) is 84.9 Å². The molecule has 0 aromatic heterocycles. The number of hydrogen-bond acceptors (Lipinski definition) is 6. The number of esters is 1. The summed E-state index contributed by atoms with van der Waals surface area (Å²) in [5.41, 5.74) is 0. The van der Waals surface area contributed by atoms with Gasteiger partial charge in [-0.25, -0.2) is 4.79 Å². The molecule has 0 bridgehead atoms. The SMILES string of the molecule is CCOC(=O)NC(=O)CN(CC)CCC(=O)OC. The molecule has 2 amide bonds. The van der Waals surface area contributed by atoms with E-state index in [1.165, 1.54) is 7.11 Å². The van der Waals surface area contributed by atoms with Gasteiger partial charge in [-0.3, -0.25) is 19.8 Å². The highest BCUT2D eigenvalue weighted by atomic mass is 16.5. The van der Waals surface area contributed by atoms with Gasteiger partial charge in [-0.2, -0.15) is 0 Å². The summed E-state index contributed by atoms with van der Waals surface area (Å²) in [6, 6.07) is 0. The Morgan fingerprint density at radius 3 is 2.39 bits per heavy atom. The van der Waals surface area contributed by atoms with Gasteiger partial charge in [-0.1, -0.05) is 6.92 Å². The van der Waals surface area contributed by atoms with Crippen LogP contribution in [0.5, 0.6) is 0 Å². The van der Waals surface area contributed by atoms with Crippen LogP contribution in [-0.2, 0) is 19.1 Å². The third-order valence-corrected chi connectivity index (χ3v) is 2.19. The summed E-state index contributed by atoms with van der Waals surface area (Å²) in [6.45, 7) is 4.74. The van der Waals surface area contributed by atoms with Crippen molar-refractivity contribution in [3.63, 3.8) is 0 Å². The first-order valence-corrected chi connectivity index (χ1v) is 5.79. The fourth-order valence-electron chi connectivity index (χ4n) is 1.22. The van der Waals surface area contributed by atoms with E-state index in [0.717, 1.165) is 0 Å². The molecule has 7 heteroatoms. The Balaban J connectivity index is 4.00. The number of hydrogen-bond donors (Lipinski definition) is 1. The van der Waals surface area contributed by atoms with E-state index in [9.17, 15) is 14.4 Å². The van der Waals surface area contributed by atoms with E-state index in [1.807, 2.05) is 6.92 Å². The molecule has 0 fully saturated rings. The highest BCUT2D eigenvalue weighted by Crippen LogP contribution is 1.93. The summed E-state index contributed by atoms with van der Waals surface area (Å²) < 4.78 is 9.09. The van der Waals surface area contributed by atoms with Crippen molar-refractivity contribution in [3.05, 3.63) is 0 Å². The van der Waals surface area contributed by atoms with Crippen LogP contribution < -0.4 is 5.32 Å². The lowest BCUT2D eigenvalue weighted by Crippen LogP contribution is -2.41. The van der Waals surface area contributed by atoms with Gasteiger partial charge in [0, 0.05) is 6.54 Å². The molecule has 0 heterocycles. The van der Waals surface area contributed by atoms with Gasteiger partial charge >= 0.3 is 12.1 Å². The van der Waals surface area contributed by atoms with Crippen molar-refractivity contribution < 1.29 is 23.9 Å². The Labute approximate surface area is 106 Å². The van der Waals surface area contributed by atoms with Crippen LogP contribution in [0, 0.1) is 0 Å². The van der Waals surface area contributed by atoms with Gasteiger partial charge in [0.05, 0.1) is 26.7 Å². The van der Waals surface area contributed by atoms with Gasteiger partial charge < -0.3 is 9.47 Å². The van der Waals surface area contributed by atoms with Crippen LogP contribution in [0.4, 0.5) is 4.79 Å². The fraction of sp³-hybridized carbons (Fsp3) is 0.727. The van der Waals surface area contributed by atoms with Crippen LogP contribution in [-0.4, -0.2) is 56.2 Å². The summed E-state index contributed by atoms with van der Waals surface area (Å²) in [4.78, 5) is 35.1. The minimum atomic E-state index is -0.758. The highest BCUT2D eigenvalue weighted by molar-refractivity contribution is 5.92. The first-order valence-electron chi connectivity index (χ1n) is 5.79. The lowest BCUT2D eigenvalue weighted by atomic mass is 10.3. The second-order valence-electron chi connectivity index (χ2n) is 3.46. The number of methoxy groups -OCH3 is 1. The molecule has 7 nitrogen and oxygen atoms in total. The maximum absolute atomic E-state index is 11.4. The van der Waals surface area contributed by atoms with Gasteiger partial charge in [-0.15, -0.1) is 0 Å². The quantitative estimate of drug-likeness (QED) is 0.656. The Bertz CT molecular complexity index is 293. The van der Waals surface area contributed by atoms with Crippen LogP contribution in [0.25, 0.3) is 0 Å². The van der Waals surface area contributed by atoms with Crippen molar-refractivity contribution in [2.75, 3.05) is 33.4 Å². The third-order valence-electron chi connectivity index (χ3n) is 2.19. The summed E-state index contributed by atoms with van der Waals surface area (Å²) in [5, 5.41) is 2.09. The number of imide groups is 1. The molecule has 18 heavy (non-hydrogen) atoms. The molecule has 0 spiro atoms. The number of carbonyl (C=O) groups is 3. The third kappa shape index (κ3) is 7.61. The molecular weight excluding hydrogens is 240 g/mol. The van der Waals surface area contributed by atoms with E-state index in [1.54, 1.807) is 11.8 Å². The second kappa shape index (κ2) is 9.41. The highest BCUT2D eigenvalue weighted by Gasteiger charge is 2.13. The Morgan fingerprint density at radius 1 is 1.22 bits per heavy atom. The molecule has 0 rings (SSSR count). The largest absolute Gasteiger partial charge is 0.469 e. The van der Waals surface area contributed by atoms with Crippen molar-refractivity contribution in [2.24, 2.45) is 0 Å². The predicted molar refractivity (Wildman–Crippen MR) is 63.9 cm³/mol. The van der Waals surface area contributed by atoms with E-state index < -0.39 is 12.0 Å². The number of likely N-dealkylation sites (N-methyl/N-ethyl adjacent to an activating group) is 1. The molecular formula is C11H20N2O5. The van der Waals surface area contributed by atoms with Crippen molar-refractivity contribution >= 4 is 18.0 Å². The minimum Gasteiger partial charge on any atom is -0.469 e. The average Bonchev–Trinajstić information content (AvgIpc) is 2.33.